The van der Waals surface area contributed by atoms with E-state index in [-0.39, 0.29) is 10.6 Å². The number of hydrogen-bond donors (Lipinski definition) is 2. The van der Waals surface area contributed by atoms with E-state index >= 15 is 0 Å². The molecule has 0 spiro atoms. The fourth-order valence-corrected chi connectivity index (χ4v) is 5.53. The van der Waals surface area contributed by atoms with Gasteiger partial charge in [0, 0.05) is 71.3 Å². The maximum absolute atomic E-state index is 10.9. The van der Waals surface area contributed by atoms with Crippen molar-refractivity contribution in [1.82, 2.24) is 10.3 Å². The molecule has 0 radical (unpaired) electrons. The number of nitro benzene ring substituents is 1. The van der Waals surface area contributed by atoms with E-state index < -0.39 is 0 Å². The van der Waals surface area contributed by atoms with Gasteiger partial charge in [-0.1, -0.05) is 11.6 Å². The van der Waals surface area contributed by atoms with E-state index in [1.54, 1.807) is 12.1 Å². The van der Waals surface area contributed by atoms with E-state index in [0.717, 1.165) is 73.9 Å². The van der Waals surface area contributed by atoms with Gasteiger partial charge in [0.25, 0.3) is 5.69 Å². The highest BCUT2D eigenvalue weighted by Gasteiger charge is 2.27. The SMILES string of the molecule is O=[N+]([O-])c1ccc(N2CCC[C@@H]2CNC2CCC(Nc3ccnc4cc(Cl)ccc34)CC2)cc1. The summed E-state index contributed by atoms with van der Waals surface area (Å²) in [6, 6.07) is 16.3. The predicted octanol–water partition coefficient (Wildman–Crippen LogP) is 5.78. The zero-order chi connectivity index (χ0) is 23.5. The van der Waals surface area contributed by atoms with Gasteiger partial charge in [-0.05, 0) is 74.9 Å². The maximum Gasteiger partial charge on any atom is 0.269 e. The van der Waals surface area contributed by atoms with Crippen LogP contribution in [0.15, 0.2) is 54.7 Å². The third-order valence-corrected chi connectivity index (χ3v) is 7.44. The van der Waals surface area contributed by atoms with Gasteiger partial charge in [0.2, 0.25) is 0 Å². The molecule has 1 saturated carbocycles. The van der Waals surface area contributed by atoms with Crippen LogP contribution in [0.4, 0.5) is 17.1 Å². The molecule has 178 valence electrons. The molecule has 7 nitrogen and oxygen atoms in total. The number of nitrogens with zero attached hydrogens (tertiary/aromatic N) is 3. The van der Waals surface area contributed by atoms with Crippen molar-refractivity contribution in [3.8, 4) is 0 Å². The van der Waals surface area contributed by atoms with Crippen molar-refractivity contribution in [3.63, 3.8) is 0 Å². The number of nitro groups is 1. The van der Waals surface area contributed by atoms with Crippen molar-refractivity contribution in [3.05, 3.63) is 69.9 Å². The number of halogens is 1. The zero-order valence-corrected chi connectivity index (χ0v) is 19.9. The van der Waals surface area contributed by atoms with Gasteiger partial charge in [-0.15, -0.1) is 0 Å². The molecule has 1 aliphatic heterocycles. The molecule has 2 aromatic carbocycles. The summed E-state index contributed by atoms with van der Waals surface area (Å²) in [5.74, 6) is 0. The van der Waals surface area contributed by atoms with Gasteiger partial charge in [-0.3, -0.25) is 15.1 Å². The summed E-state index contributed by atoms with van der Waals surface area (Å²) >= 11 is 6.12. The second-order valence-corrected chi connectivity index (χ2v) is 9.82. The molecule has 1 saturated heterocycles. The van der Waals surface area contributed by atoms with Gasteiger partial charge >= 0.3 is 0 Å². The fourth-order valence-electron chi connectivity index (χ4n) is 5.37. The summed E-state index contributed by atoms with van der Waals surface area (Å²) in [7, 11) is 0. The Morgan fingerprint density at radius 3 is 2.56 bits per heavy atom. The fraction of sp³-hybridized carbons (Fsp3) is 0.423. The zero-order valence-electron chi connectivity index (χ0n) is 19.1. The van der Waals surface area contributed by atoms with Gasteiger partial charge in [-0.25, -0.2) is 0 Å². The Morgan fingerprint density at radius 1 is 1.03 bits per heavy atom. The van der Waals surface area contributed by atoms with Crippen LogP contribution in [0.2, 0.25) is 5.02 Å². The lowest BCUT2D eigenvalue weighted by Crippen LogP contribution is -2.44. The summed E-state index contributed by atoms with van der Waals surface area (Å²) in [5.41, 5.74) is 3.27. The summed E-state index contributed by atoms with van der Waals surface area (Å²) in [5, 5.41) is 20.3. The van der Waals surface area contributed by atoms with Crippen molar-refractivity contribution >= 4 is 39.6 Å². The van der Waals surface area contributed by atoms with Crippen LogP contribution in [-0.2, 0) is 0 Å². The predicted molar refractivity (Wildman–Crippen MR) is 138 cm³/mol. The van der Waals surface area contributed by atoms with Crippen molar-refractivity contribution in [2.24, 2.45) is 0 Å². The number of rotatable bonds is 7. The lowest BCUT2D eigenvalue weighted by molar-refractivity contribution is -0.384. The number of non-ortho nitro benzene ring substituents is 1. The van der Waals surface area contributed by atoms with Gasteiger partial charge in [0.05, 0.1) is 10.4 Å². The van der Waals surface area contributed by atoms with Crippen LogP contribution >= 0.6 is 11.6 Å². The lowest BCUT2D eigenvalue weighted by atomic mass is 9.90. The molecule has 0 bridgehead atoms. The molecular formula is C26H30ClN5O2. The molecule has 1 atom stereocenters. The average molecular weight is 480 g/mol. The van der Waals surface area contributed by atoms with Crippen LogP contribution in [-0.4, -0.2) is 41.1 Å². The molecule has 2 aliphatic rings. The van der Waals surface area contributed by atoms with Crippen molar-refractivity contribution in [2.75, 3.05) is 23.3 Å². The minimum Gasteiger partial charge on any atom is -0.382 e. The molecule has 2 heterocycles. The van der Waals surface area contributed by atoms with Crippen LogP contribution in [0, 0.1) is 10.1 Å². The number of hydrogen-bond acceptors (Lipinski definition) is 6. The van der Waals surface area contributed by atoms with Gasteiger partial charge in [-0.2, -0.15) is 0 Å². The van der Waals surface area contributed by atoms with Crippen LogP contribution in [0.5, 0.6) is 0 Å². The molecule has 1 aliphatic carbocycles. The van der Waals surface area contributed by atoms with Crippen LogP contribution in [0.25, 0.3) is 10.9 Å². The molecule has 1 aromatic heterocycles. The lowest BCUT2D eigenvalue weighted by Gasteiger charge is -2.33. The van der Waals surface area contributed by atoms with E-state index in [9.17, 15) is 10.1 Å². The largest absolute Gasteiger partial charge is 0.382 e. The number of pyridine rings is 1. The van der Waals surface area contributed by atoms with Crippen molar-refractivity contribution in [2.45, 2.75) is 56.7 Å². The first-order chi connectivity index (χ1) is 16.6. The number of aromatic nitrogens is 1. The second kappa shape index (κ2) is 10.2. The topological polar surface area (TPSA) is 83.3 Å². The molecule has 0 amide bonds. The van der Waals surface area contributed by atoms with Gasteiger partial charge in [0.1, 0.15) is 0 Å². The van der Waals surface area contributed by atoms with E-state index in [4.69, 9.17) is 11.6 Å². The third kappa shape index (κ3) is 5.10. The molecule has 34 heavy (non-hydrogen) atoms. The first-order valence-electron chi connectivity index (χ1n) is 12.1. The summed E-state index contributed by atoms with van der Waals surface area (Å²) in [6.07, 6.45) is 8.71. The Hall–Kier alpha value is -2.90. The summed E-state index contributed by atoms with van der Waals surface area (Å²) in [6.45, 7) is 1.96. The van der Waals surface area contributed by atoms with E-state index in [0.29, 0.717) is 23.1 Å². The second-order valence-electron chi connectivity index (χ2n) is 9.38. The monoisotopic (exact) mass is 479 g/mol. The molecule has 3 aromatic rings. The quantitative estimate of drug-likeness (QED) is 0.330. The first-order valence-corrected chi connectivity index (χ1v) is 12.5. The summed E-state index contributed by atoms with van der Waals surface area (Å²) in [4.78, 5) is 17.4. The van der Waals surface area contributed by atoms with E-state index in [2.05, 4.69) is 20.5 Å². The Kier molecular flexibility index (Phi) is 6.83. The molecule has 5 rings (SSSR count). The van der Waals surface area contributed by atoms with Crippen molar-refractivity contribution < 1.29 is 4.92 Å². The molecule has 8 heteroatoms. The highest BCUT2D eigenvalue weighted by atomic mass is 35.5. The standard InChI is InChI=1S/C26H30ClN5O2/c27-18-3-12-24-25(13-14-28-26(24)16-18)30-20-6-4-19(5-7-20)29-17-23-2-1-15-31(23)21-8-10-22(11-9-21)32(33)34/h3,8-14,16,19-20,23,29H,1-2,4-7,15,17H2,(H,28,30)/t19?,20?,23-/m1/s1. The van der Waals surface area contributed by atoms with Crippen LogP contribution in [0.1, 0.15) is 38.5 Å². The number of nitrogens with one attached hydrogen (secondary N) is 2. The highest BCUT2D eigenvalue weighted by molar-refractivity contribution is 6.31. The Morgan fingerprint density at radius 2 is 1.79 bits per heavy atom. The number of anilines is 2. The third-order valence-electron chi connectivity index (χ3n) is 7.20. The van der Waals surface area contributed by atoms with Crippen molar-refractivity contribution in [1.29, 1.82) is 0 Å². The van der Waals surface area contributed by atoms with E-state index in [1.807, 2.05) is 42.6 Å². The highest BCUT2D eigenvalue weighted by Crippen LogP contribution is 2.30. The molecule has 2 fully saturated rings. The summed E-state index contributed by atoms with van der Waals surface area (Å²) < 4.78 is 0. The minimum absolute atomic E-state index is 0.145. The first kappa shape index (κ1) is 22.9. The number of fused-ring (bicyclic) bond motifs is 1. The molecule has 0 unspecified atom stereocenters. The average Bonchev–Trinajstić information content (AvgIpc) is 3.32. The van der Waals surface area contributed by atoms with Gasteiger partial charge < -0.3 is 15.5 Å². The Bertz CT molecular complexity index is 1150. The molecule has 2 N–H and O–H groups in total. The number of benzene rings is 2. The van der Waals surface area contributed by atoms with Crippen LogP contribution in [0.3, 0.4) is 0 Å². The maximum atomic E-state index is 10.9. The van der Waals surface area contributed by atoms with E-state index in [1.165, 1.54) is 0 Å². The van der Waals surface area contributed by atoms with Crippen LogP contribution < -0.4 is 15.5 Å². The molecular weight excluding hydrogens is 450 g/mol. The normalized spacial score (nSPS) is 22.7. The minimum atomic E-state index is -0.342. The van der Waals surface area contributed by atoms with Gasteiger partial charge in [0.15, 0.2) is 0 Å². The Labute approximate surface area is 204 Å². The smallest absolute Gasteiger partial charge is 0.269 e. The Balaban J connectivity index is 1.12.